The minimum Gasteiger partial charge on any atom is -0.459 e. The number of ketones is 2. The Morgan fingerprint density at radius 2 is 1.78 bits per heavy atom. The number of anilines is 1. The molecule has 5 heterocycles. The Kier molecular flexibility index (Phi) is 14.5. The van der Waals surface area contributed by atoms with Gasteiger partial charge in [0.1, 0.15) is 47.5 Å². The normalized spacial score (nSPS) is 37.8. The van der Waals surface area contributed by atoms with Gasteiger partial charge in [-0.25, -0.2) is 0 Å². The molecule has 13 atom stereocenters. The zero-order valence-corrected chi connectivity index (χ0v) is 35.1. The molecule has 0 aromatic carbocycles. The Labute approximate surface area is 339 Å². The molecule has 0 amide bonds. The van der Waals surface area contributed by atoms with Crippen LogP contribution in [0.4, 0.5) is 5.95 Å². The number of aliphatic hydroxyl groups excluding tert-OH is 1. The fraction of sp³-hybridized carbons (Fsp3) is 0.725. The number of rotatable bonds is 8. The van der Waals surface area contributed by atoms with Crippen LogP contribution in [0.2, 0.25) is 0 Å². The lowest BCUT2D eigenvalue weighted by atomic mass is 9.74. The van der Waals surface area contributed by atoms with E-state index in [-0.39, 0.29) is 68.1 Å². The van der Waals surface area contributed by atoms with Crippen LogP contribution in [-0.4, -0.2) is 135 Å². The number of ether oxygens (including phenoxy) is 5. The number of hydrogen-bond donors (Lipinski definition) is 3. The van der Waals surface area contributed by atoms with Gasteiger partial charge in [-0.15, -0.1) is 0 Å². The van der Waals surface area contributed by atoms with Crippen LogP contribution in [0.5, 0.6) is 0 Å². The SMILES string of the molecule is CC[C@H]1OC(=O)[C@H](C)C(=O)[C@H](C)[C@@H](O[C@@H]2O[C@H](C)C[C@H](N(C)C)[C@H]2O)[C@@]2(C)C[C@@H](C)C(=O)[C@H](C)[C@H](OC/C(=N\OCc3ccc(-c4nc(N)no4)nc3)CO2)[C@]1(C)O. The number of nitrogens with two attached hydrogens (primary N) is 1. The Morgan fingerprint density at radius 3 is 2.40 bits per heavy atom. The van der Waals surface area contributed by atoms with Crippen molar-refractivity contribution in [3.05, 3.63) is 23.9 Å². The van der Waals surface area contributed by atoms with Crippen LogP contribution in [0.25, 0.3) is 11.6 Å². The van der Waals surface area contributed by atoms with Crippen LogP contribution in [0.3, 0.4) is 0 Å². The predicted molar refractivity (Wildman–Crippen MR) is 208 cm³/mol. The van der Waals surface area contributed by atoms with Gasteiger partial charge in [0.25, 0.3) is 11.8 Å². The third-order valence-electron chi connectivity index (χ3n) is 11.7. The molecule has 58 heavy (non-hydrogen) atoms. The maximum Gasteiger partial charge on any atom is 0.316 e. The molecule has 4 N–H and O–H groups in total. The molecular weight excluding hydrogens is 756 g/mol. The molecule has 2 bridgehead atoms. The standard InChI is InChI=1S/C40H60N6O12/c1-11-29-40(8,51)34-22(4)30(47)20(2)15-39(7,53-19-26(18-52-34)44-54-17-25-12-13-27(42-16-25)35-43-38(41)45-58-35)33(23(5)31(48)24(6)36(50)56-29)57-37-32(49)28(46(9)10)14-21(3)55-37/h12-13,16,20-24,28-29,32-34,37,49,51H,11,14-15,17-19H2,1-10H3,(H2,41,45)/b44-26+/t20-,21-,22+,23+,24-,28+,29-,32-,33-,34+,37+,39-,40-/m1/s1. The number of cyclic esters (lactones) is 1. The highest BCUT2D eigenvalue weighted by atomic mass is 16.7. The van der Waals surface area contributed by atoms with Crippen LogP contribution in [0, 0.1) is 23.7 Å². The van der Waals surface area contributed by atoms with E-state index in [1.54, 1.807) is 52.9 Å². The summed E-state index contributed by atoms with van der Waals surface area (Å²) in [7, 11) is 3.70. The van der Waals surface area contributed by atoms with Gasteiger partial charge in [0.15, 0.2) is 12.1 Å². The molecule has 322 valence electrons. The summed E-state index contributed by atoms with van der Waals surface area (Å²) in [6.07, 6.45) is -3.86. The van der Waals surface area contributed by atoms with Crippen molar-refractivity contribution in [3.63, 3.8) is 0 Å². The van der Waals surface area contributed by atoms with E-state index in [1.807, 2.05) is 25.9 Å². The summed E-state index contributed by atoms with van der Waals surface area (Å²) in [6.45, 7) is 12.8. The molecule has 0 aliphatic carbocycles. The van der Waals surface area contributed by atoms with Crippen molar-refractivity contribution in [2.24, 2.45) is 28.8 Å². The molecule has 18 nitrogen and oxygen atoms in total. The lowest BCUT2D eigenvalue weighted by molar-refractivity contribution is -0.296. The number of Topliss-reactive ketones (excluding diaryl/α,β-unsaturated/α-hetero) is 2. The molecule has 0 radical (unpaired) electrons. The zero-order valence-electron chi connectivity index (χ0n) is 35.1. The van der Waals surface area contributed by atoms with Crippen LogP contribution in [0.15, 0.2) is 28.0 Å². The van der Waals surface area contributed by atoms with E-state index in [1.165, 1.54) is 13.8 Å². The van der Waals surface area contributed by atoms with E-state index in [4.69, 9.17) is 38.8 Å². The van der Waals surface area contributed by atoms with Crippen molar-refractivity contribution in [2.75, 3.05) is 33.0 Å². The van der Waals surface area contributed by atoms with Gasteiger partial charge in [-0.1, -0.05) is 38.9 Å². The molecule has 0 unspecified atom stereocenters. The van der Waals surface area contributed by atoms with Crippen LogP contribution >= 0.6 is 0 Å². The monoisotopic (exact) mass is 816 g/mol. The van der Waals surface area contributed by atoms with Gasteiger partial charge in [-0.3, -0.25) is 19.4 Å². The first-order valence-electron chi connectivity index (χ1n) is 19.9. The van der Waals surface area contributed by atoms with Gasteiger partial charge in [-0.05, 0) is 72.3 Å². The third-order valence-corrected chi connectivity index (χ3v) is 11.7. The number of aliphatic hydroxyl groups is 2. The van der Waals surface area contributed by atoms with E-state index >= 15 is 0 Å². The molecule has 2 aromatic rings. The van der Waals surface area contributed by atoms with Crippen molar-refractivity contribution in [2.45, 2.75) is 135 Å². The molecule has 18 heteroatoms. The van der Waals surface area contributed by atoms with Gasteiger partial charge in [-0.2, -0.15) is 4.98 Å². The Bertz CT molecular complexity index is 1770. The second-order valence-electron chi connectivity index (χ2n) is 16.7. The number of hydrogen-bond acceptors (Lipinski definition) is 18. The molecule has 2 aromatic heterocycles. The first-order chi connectivity index (χ1) is 27.3. The first kappa shape index (κ1) is 45.2. The van der Waals surface area contributed by atoms with Crippen molar-refractivity contribution >= 4 is 29.2 Å². The highest BCUT2D eigenvalue weighted by Gasteiger charge is 2.53. The van der Waals surface area contributed by atoms with Crippen molar-refractivity contribution in [1.82, 2.24) is 20.0 Å². The molecule has 3 aliphatic rings. The number of oxime groups is 1. The van der Waals surface area contributed by atoms with E-state index in [2.05, 4.69) is 20.3 Å². The largest absolute Gasteiger partial charge is 0.459 e. The van der Waals surface area contributed by atoms with Gasteiger partial charge < -0.3 is 53.9 Å². The van der Waals surface area contributed by atoms with Crippen LogP contribution in [0.1, 0.15) is 80.2 Å². The number of aromatic nitrogens is 3. The summed E-state index contributed by atoms with van der Waals surface area (Å²) in [5.41, 5.74) is 3.54. The van der Waals surface area contributed by atoms with E-state index in [0.29, 0.717) is 17.7 Å². The summed E-state index contributed by atoms with van der Waals surface area (Å²) in [5.74, 6) is -5.42. The number of carbonyl (C=O) groups excluding carboxylic acids is 3. The highest BCUT2D eigenvalue weighted by Crippen LogP contribution is 2.39. The first-order valence-corrected chi connectivity index (χ1v) is 19.9. The number of nitrogens with zero attached hydrogens (tertiary/aromatic N) is 5. The van der Waals surface area contributed by atoms with Crippen molar-refractivity contribution in [3.8, 4) is 11.6 Å². The Hall–Kier alpha value is -3.91. The van der Waals surface area contributed by atoms with Gasteiger partial charge in [0.05, 0.1) is 37.1 Å². The molecule has 3 aliphatic heterocycles. The summed E-state index contributed by atoms with van der Waals surface area (Å²) >= 11 is 0. The minimum absolute atomic E-state index is 0.0149. The molecule has 3 saturated heterocycles. The number of pyridine rings is 1. The summed E-state index contributed by atoms with van der Waals surface area (Å²) in [4.78, 5) is 58.5. The highest BCUT2D eigenvalue weighted by molar-refractivity contribution is 6.00. The molecule has 0 spiro atoms. The number of fused-ring (bicyclic) bond motifs is 5. The molecule has 3 fully saturated rings. The van der Waals surface area contributed by atoms with Gasteiger partial charge in [0.2, 0.25) is 0 Å². The zero-order chi connectivity index (χ0) is 42.7. The maximum atomic E-state index is 14.4. The van der Waals surface area contributed by atoms with Crippen LogP contribution < -0.4 is 5.73 Å². The number of nitrogen functional groups attached to an aromatic ring is 1. The number of carbonyl (C=O) groups is 3. The second kappa shape index (κ2) is 18.6. The fourth-order valence-electron chi connectivity index (χ4n) is 8.38. The van der Waals surface area contributed by atoms with Crippen molar-refractivity contribution < 1.29 is 57.6 Å². The van der Waals surface area contributed by atoms with Gasteiger partial charge in [0, 0.05) is 35.6 Å². The number of likely N-dealkylation sites (N-methyl/N-ethyl adjacent to an activating group) is 1. The second-order valence-corrected chi connectivity index (χ2v) is 16.7. The minimum atomic E-state index is -1.89. The topological polar surface area (TPSA) is 240 Å². The Morgan fingerprint density at radius 1 is 1.05 bits per heavy atom. The van der Waals surface area contributed by atoms with Gasteiger partial charge >= 0.3 is 5.97 Å². The predicted octanol–water partition coefficient (Wildman–Crippen LogP) is 2.73. The van der Waals surface area contributed by atoms with E-state index < -0.39 is 77.3 Å². The molecule has 0 saturated carbocycles. The van der Waals surface area contributed by atoms with E-state index in [0.717, 1.165) is 0 Å². The quantitative estimate of drug-likeness (QED) is 0.197. The smallest absolute Gasteiger partial charge is 0.316 e. The number of esters is 1. The average molecular weight is 817 g/mol. The summed E-state index contributed by atoms with van der Waals surface area (Å²) < 4.78 is 37.0. The fourth-order valence-corrected chi connectivity index (χ4v) is 8.38. The average Bonchev–Trinajstić information content (AvgIpc) is 3.62. The lowest BCUT2D eigenvalue weighted by Crippen LogP contribution is -2.60. The van der Waals surface area contributed by atoms with Crippen molar-refractivity contribution in [1.29, 1.82) is 0 Å². The van der Waals surface area contributed by atoms with Crippen LogP contribution in [-0.2, 0) is 49.5 Å². The lowest BCUT2D eigenvalue weighted by Gasteiger charge is -2.47. The third kappa shape index (κ3) is 9.92. The molecular formula is C40H60N6O12. The Balaban J connectivity index is 1.57. The molecule has 5 rings (SSSR count). The summed E-state index contributed by atoms with van der Waals surface area (Å²) in [5, 5.41) is 31.7. The maximum absolute atomic E-state index is 14.4. The summed E-state index contributed by atoms with van der Waals surface area (Å²) in [6, 6.07) is 3.07. The van der Waals surface area contributed by atoms with E-state index in [9.17, 15) is 24.6 Å².